The van der Waals surface area contributed by atoms with Gasteiger partial charge < -0.3 is 11.1 Å². The molecule has 2 rings (SSSR count). The van der Waals surface area contributed by atoms with E-state index >= 15 is 0 Å². The molecule has 4 heteroatoms. The van der Waals surface area contributed by atoms with E-state index in [4.69, 9.17) is 5.73 Å². The number of nitrogens with one attached hydrogen (secondary N) is 1. The van der Waals surface area contributed by atoms with Crippen molar-refractivity contribution in [1.29, 1.82) is 0 Å². The molecule has 0 saturated heterocycles. The van der Waals surface area contributed by atoms with Gasteiger partial charge in [-0.05, 0) is 31.7 Å². The molecule has 4 nitrogen and oxygen atoms in total. The van der Waals surface area contributed by atoms with Crippen molar-refractivity contribution in [2.24, 2.45) is 0 Å². The lowest BCUT2D eigenvalue weighted by atomic mass is 10.0. The van der Waals surface area contributed by atoms with Gasteiger partial charge in [-0.15, -0.1) is 0 Å². The molecule has 0 aromatic carbocycles. The largest absolute Gasteiger partial charge is 0.398 e. The van der Waals surface area contributed by atoms with Crippen molar-refractivity contribution in [2.75, 3.05) is 12.8 Å². The fraction of sp³-hybridized carbons (Fsp3) is 0.231. The minimum absolute atomic E-state index is 0.0232. The molecule has 0 radical (unpaired) electrons. The third-order valence-corrected chi connectivity index (χ3v) is 2.81. The summed E-state index contributed by atoms with van der Waals surface area (Å²) in [6, 6.07) is 5.75. The summed E-state index contributed by atoms with van der Waals surface area (Å²) in [5.74, 6) is 0. The number of hydrogen-bond acceptors (Lipinski definition) is 4. The fourth-order valence-corrected chi connectivity index (χ4v) is 1.90. The van der Waals surface area contributed by atoms with E-state index in [9.17, 15) is 0 Å². The Kier molecular flexibility index (Phi) is 3.35. The highest BCUT2D eigenvalue weighted by molar-refractivity contribution is 5.49. The zero-order valence-corrected chi connectivity index (χ0v) is 10.0. The second-order valence-electron chi connectivity index (χ2n) is 3.93. The standard InChI is InChI=1S/C13H16N4/c1-9-4-3-6-17-12(9)13(15-2)10-8-16-7-5-11(10)14/h3-8,13,15H,1-2H3,(H2,14,16). The Morgan fingerprint density at radius 1 is 1.29 bits per heavy atom. The summed E-state index contributed by atoms with van der Waals surface area (Å²) < 4.78 is 0. The first-order valence-corrected chi connectivity index (χ1v) is 5.52. The van der Waals surface area contributed by atoms with Crippen LogP contribution in [0.5, 0.6) is 0 Å². The van der Waals surface area contributed by atoms with Gasteiger partial charge in [-0.3, -0.25) is 9.97 Å². The molecule has 0 aliphatic heterocycles. The van der Waals surface area contributed by atoms with Crippen molar-refractivity contribution in [3.05, 3.63) is 53.6 Å². The van der Waals surface area contributed by atoms with Crippen molar-refractivity contribution >= 4 is 5.69 Å². The SMILES string of the molecule is CNC(c1cnccc1N)c1ncccc1C. The number of rotatable bonds is 3. The van der Waals surface area contributed by atoms with E-state index in [0.717, 1.165) is 22.5 Å². The average molecular weight is 228 g/mol. The maximum atomic E-state index is 5.98. The fourth-order valence-electron chi connectivity index (χ4n) is 1.90. The molecule has 0 saturated carbocycles. The molecule has 0 fully saturated rings. The summed E-state index contributed by atoms with van der Waals surface area (Å²) >= 11 is 0. The minimum atomic E-state index is -0.0232. The molecular weight excluding hydrogens is 212 g/mol. The van der Waals surface area contributed by atoms with E-state index < -0.39 is 0 Å². The van der Waals surface area contributed by atoms with E-state index in [2.05, 4.69) is 15.3 Å². The maximum Gasteiger partial charge on any atom is 0.0787 e. The molecule has 3 N–H and O–H groups in total. The van der Waals surface area contributed by atoms with Crippen LogP contribution in [0.15, 0.2) is 36.8 Å². The molecule has 2 aromatic heterocycles. The lowest BCUT2D eigenvalue weighted by molar-refractivity contribution is 0.665. The number of nitrogen functional groups attached to an aromatic ring is 1. The van der Waals surface area contributed by atoms with E-state index in [1.165, 1.54) is 0 Å². The number of nitrogens with zero attached hydrogens (tertiary/aromatic N) is 2. The summed E-state index contributed by atoms with van der Waals surface area (Å²) in [5, 5.41) is 3.23. The van der Waals surface area contributed by atoms with Gasteiger partial charge in [0.1, 0.15) is 0 Å². The predicted octanol–water partition coefficient (Wildman–Crippen LogP) is 1.68. The monoisotopic (exact) mass is 228 g/mol. The Balaban J connectivity index is 2.48. The normalized spacial score (nSPS) is 12.4. The van der Waals surface area contributed by atoms with Crippen LogP contribution in [0.4, 0.5) is 5.69 Å². The molecule has 0 aliphatic rings. The van der Waals surface area contributed by atoms with Crippen LogP contribution in [-0.2, 0) is 0 Å². The summed E-state index contributed by atoms with van der Waals surface area (Å²) in [6.45, 7) is 2.04. The minimum Gasteiger partial charge on any atom is -0.398 e. The van der Waals surface area contributed by atoms with Crippen LogP contribution in [0.3, 0.4) is 0 Å². The van der Waals surface area contributed by atoms with Gasteiger partial charge in [0.25, 0.3) is 0 Å². The van der Waals surface area contributed by atoms with Crippen LogP contribution in [0, 0.1) is 6.92 Å². The Labute approximate surface area is 101 Å². The van der Waals surface area contributed by atoms with Gasteiger partial charge in [0.05, 0.1) is 11.7 Å². The van der Waals surface area contributed by atoms with Crippen LogP contribution in [-0.4, -0.2) is 17.0 Å². The van der Waals surface area contributed by atoms with Gasteiger partial charge in [-0.1, -0.05) is 6.07 Å². The van der Waals surface area contributed by atoms with Crippen LogP contribution in [0.25, 0.3) is 0 Å². The molecule has 2 aromatic rings. The summed E-state index contributed by atoms with van der Waals surface area (Å²) in [4.78, 5) is 8.54. The third-order valence-electron chi connectivity index (χ3n) is 2.81. The Hall–Kier alpha value is -1.94. The van der Waals surface area contributed by atoms with Gasteiger partial charge in [-0.2, -0.15) is 0 Å². The smallest absolute Gasteiger partial charge is 0.0787 e. The van der Waals surface area contributed by atoms with Crippen molar-refractivity contribution in [2.45, 2.75) is 13.0 Å². The number of hydrogen-bond donors (Lipinski definition) is 2. The summed E-state index contributed by atoms with van der Waals surface area (Å²) in [5.41, 5.74) is 9.77. The van der Waals surface area contributed by atoms with Gasteiger partial charge >= 0.3 is 0 Å². The highest BCUT2D eigenvalue weighted by Gasteiger charge is 2.17. The molecule has 0 amide bonds. The zero-order chi connectivity index (χ0) is 12.3. The lowest BCUT2D eigenvalue weighted by Crippen LogP contribution is -2.21. The second-order valence-corrected chi connectivity index (χ2v) is 3.93. The van der Waals surface area contributed by atoms with Crippen LogP contribution in [0.1, 0.15) is 22.9 Å². The van der Waals surface area contributed by atoms with Crippen molar-refractivity contribution < 1.29 is 0 Å². The van der Waals surface area contributed by atoms with Gasteiger partial charge in [0.15, 0.2) is 0 Å². The molecule has 2 heterocycles. The Morgan fingerprint density at radius 3 is 2.76 bits per heavy atom. The highest BCUT2D eigenvalue weighted by atomic mass is 14.9. The number of anilines is 1. The van der Waals surface area contributed by atoms with Crippen molar-refractivity contribution in [3.8, 4) is 0 Å². The second kappa shape index (κ2) is 4.93. The Morgan fingerprint density at radius 2 is 2.12 bits per heavy atom. The first-order valence-electron chi connectivity index (χ1n) is 5.52. The highest BCUT2D eigenvalue weighted by Crippen LogP contribution is 2.25. The average Bonchev–Trinajstić information content (AvgIpc) is 2.34. The number of aromatic nitrogens is 2. The molecule has 0 spiro atoms. The lowest BCUT2D eigenvalue weighted by Gasteiger charge is -2.19. The number of aryl methyl sites for hydroxylation is 1. The quantitative estimate of drug-likeness (QED) is 0.839. The van der Waals surface area contributed by atoms with E-state index in [0.29, 0.717) is 0 Å². The molecule has 1 unspecified atom stereocenters. The van der Waals surface area contributed by atoms with Crippen LogP contribution < -0.4 is 11.1 Å². The first kappa shape index (κ1) is 11.5. The molecule has 17 heavy (non-hydrogen) atoms. The predicted molar refractivity (Wildman–Crippen MR) is 68.5 cm³/mol. The van der Waals surface area contributed by atoms with Crippen LogP contribution in [0.2, 0.25) is 0 Å². The van der Waals surface area contributed by atoms with Gasteiger partial charge in [0.2, 0.25) is 0 Å². The molecule has 88 valence electrons. The molecule has 0 aliphatic carbocycles. The third kappa shape index (κ3) is 2.26. The van der Waals surface area contributed by atoms with E-state index in [1.54, 1.807) is 24.7 Å². The van der Waals surface area contributed by atoms with Crippen molar-refractivity contribution in [1.82, 2.24) is 15.3 Å². The topological polar surface area (TPSA) is 63.8 Å². The zero-order valence-electron chi connectivity index (χ0n) is 10.0. The summed E-state index contributed by atoms with van der Waals surface area (Å²) in [6.07, 6.45) is 5.26. The van der Waals surface area contributed by atoms with Crippen molar-refractivity contribution in [3.63, 3.8) is 0 Å². The molecule has 1 atom stereocenters. The molecular formula is C13H16N4. The molecule has 0 bridgehead atoms. The van der Waals surface area contributed by atoms with Gasteiger partial charge in [0, 0.05) is 29.8 Å². The first-order chi connectivity index (χ1) is 8.24. The van der Waals surface area contributed by atoms with E-state index in [-0.39, 0.29) is 6.04 Å². The van der Waals surface area contributed by atoms with Gasteiger partial charge in [-0.25, -0.2) is 0 Å². The van der Waals surface area contributed by atoms with E-state index in [1.807, 2.05) is 26.1 Å². The maximum absolute atomic E-state index is 5.98. The summed E-state index contributed by atoms with van der Waals surface area (Å²) in [7, 11) is 1.89. The number of pyridine rings is 2. The Bertz CT molecular complexity index is 465. The number of nitrogens with two attached hydrogens (primary N) is 1. The van der Waals surface area contributed by atoms with Crippen LogP contribution >= 0.6 is 0 Å².